The standard InChI is InChI=1S/2C24H26FNO4/c2*1-15(2)26-21-6-4-3-5-20(21)24(16-7-9-17(25)10-8-16)22(26)12-11-18(27)13-19(28)14-23(29)30/h2*3-12,15,18-19,27-28H,13-14H2,1-2H3,(H,29,30). The first kappa shape index (κ1) is 45.2. The van der Waals surface area contributed by atoms with Crippen LogP contribution in [0.25, 0.3) is 56.2 Å². The fourth-order valence-corrected chi connectivity index (χ4v) is 7.54. The molecule has 0 fully saturated rings. The lowest BCUT2D eigenvalue weighted by atomic mass is 10.0. The molecule has 6 N–H and O–H groups in total. The predicted octanol–water partition coefficient (Wildman–Crippen LogP) is 9.26. The summed E-state index contributed by atoms with van der Waals surface area (Å²) in [7, 11) is 0. The Morgan fingerprint density at radius 3 is 1.20 bits per heavy atom. The molecule has 60 heavy (non-hydrogen) atoms. The van der Waals surface area contributed by atoms with Crippen molar-refractivity contribution in [1.29, 1.82) is 0 Å². The minimum absolute atomic E-state index is 0.0728. The fraction of sp³-hybridized carbons (Fsp3) is 0.292. The van der Waals surface area contributed by atoms with Crippen LogP contribution in [0.15, 0.2) is 109 Å². The lowest BCUT2D eigenvalue weighted by molar-refractivity contribution is -0.140. The van der Waals surface area contributed by atoms with Gasteiger partial charge in [-0.15, -0.1) is 0 Å². The highest BCUT2D eigenvalue weighted by Gasteiger charge is 2.21. The molecule has 0 amide bonds. The van der Waals surface area contributed by atoms with Gasteiger partial charge in [-0.25, -0.2) is 8.78 Å². The number of carboxylic acids is 2. The molecular formula is C48H52F2N2O8. The zero-order valence-electron chi connectivity index (χ0n) is 34.0. The number of aliphatic carboxylic acids is 2. The van der Waals surface area contributed by atoms with E-state index in [9.17, 15) is 38.8 Å². The highest BCUT2D eigenvalue weighted by Crippen LogP contribution is 2.39. The van der Waals surface area contributed by atoms with Crippen LogP contribution in [0, 0.1) is 11.6 Å². The molecule has 12 heteroatoms. The third-order valence-corrected chi connectivity index (χ3v) is 10.00. The minimum Gasteiger partial charge on any atom is -0.481 e. The number of aromatic nitrogens is 2. The number of carboxylic acid groups (broad SMARTS) is 2. The van der Waals surface area contributed by atoms with Gasteiger partial charge in [-0.3, -0.25) is 9.59 Å². The molecule has 10 nitrogen and oxygen atoms in total. The quantitative estimate of drug-likeness (QED) is 0.0562. The van der Waals surface area contributed by atoms with Crippen LogP contribution in [0.5, 0.6) is 0 Å². The van der Waals surface area contributed by atoms with E-state index in [2.05, 4.69) is 36.8 Å². The number of benzene rings is 4. The van der Waals surface area contributed by atoms with Crippen molar-refractivity contribution in [1.82, 2.24) is 9.13 Å². The summed E-state index contributed by atoms with van der Waals surface area (Å²) < 4.78 is 31.3. The average Bonchev–Trinajstić information content (AvgIpc) is 3.69. The maximum absolute atomic E-state index is 13.5. The summed E-state index contributed by atoms with van der Waals surface area (Å²) in [6, 6.07) is 28.7. The largest absolute Gasteiger partial charge is 0.481 e. The molecule has 0 aliphatic carbocycles. The van der Waals surface area contributed by atoms with Gasteiger partial charge in [0, 0.05) is 69.2 Å². The van der Waals surface area contributed by atoms with Crippen LogP contribution in [0.2, 0.25) is 0 Å². The molecule has 0 aliphatic rings. The van der Waals surface area contributed by atoms with Crippen molar-refractivity contribution >= 4 is 45.9 Å². The fourth-order valence-electron chi connectivity index (χ4n) is 7.54. The van der Waals surface area contributed by atoms with Crippen molar-refractivity contribution in [3.05, 3.63) is 132 Å². The smallest absolute Gasteiger partial charge is 0.305 e. The maximum atomic E-state index is 13.5. The average molecular weight is 823 g/mol. The number of rotatable bonds is 16. The lowest BCUT2D eigenvalue weighted by Gasteiger charge is -2.15. The van der Waals surface area contributed by atoms with Crippen molar-refractivity contribution in [2.75, 3.05) is 0 Å². The first-order valence-corrected chi connectivity index (χ1v) is 19.9. The third-order valence-electron chi connectivity index (χ3n) is 10.00. The second-order valence-corrected chi connectivity index (χ2v) is 15.3. The van der Waals surface area contributed by atoms with Crippen LogP contribution in [0.4, 0.5) is 8.78 Å². The highest BCUT2D eigenvalue weighted by atomic mass is 19.1. The Balaban J connectivity index is 0.000000228. The predicted molar refractivity (Wildman–Crippen MR) is 231 cm³/mol. The summed E-state index contributed by atoms with van der Waals surface area (Å²) in [5.74, 6) is -2.85. The third kappa shape index (κ3) is 11.2. The van der Waals surface area contributed by atoms with Crippen LogP contribution in [-0.2, 0) is 9.59 Å². The highest BCUT2D eigenvalue weighted by molar-refractivity contribution is 6.02. The molecule has 4 atom stereocenters. The lowest BCUT2D eigenvalue weighted by Crippen LogP contribution is -2.19. The second-order valence-electron chi connectivity index (χ2n) is 15.3. The van der Waals surface area contributed by atoms with Gasteiger partial charge in [-0.1, -0.05) is 72.8 Å². The molecule has 0 aliphatic heterocycles. The molecule has 4 unspecified atom stereocenters. The summed E-state index contributed by atoms with van der Waals surface area (Å²) in [6.45, 7) is 8.24. The van der Waals surface area contributed by atoms with Gasteiger partial charge in [-0.05, 0) is 87.4 Å². The maximum Gasteiger partial charge on any atom is 0.305 e. The van der Waals surface area contributed by atoms with Gasteiger partial charge in [0.2, 0.25) is 0 Å². The molecular weight excluding hydrogens is 771 g/mol. The molecule has 0 bridgehead atoms. The van der Waals surface area contributed by atoms with Crippen LogP contribution in [-0.4, -0.2) is 76.1 Å². The van der Waals surface area contributed by atoms with E-state index in [1.54, 1.807) is 48.6 Å². The van der Waals surface area contributed by atoms with Crippen molar-refractivity contribution in [3.8, 4) is 22.3 Å². The number of aliphatic hydroxyl groups excluding tert-OH is 4. The monoisotopic (exact) mass is 822 g/mol. The number of aliphatic hydroxyl groups is 4. The summed E-state index contributed by atoms with van der Waals surface area (Å²) in [4.78, 5) is 21.5. The normalized spacial score (nSPS) is 13.9. The first-order chi connectivity index (χ1) is 28.5. The van der Waals surface area contributed by atoms with E-state index < -0.39 is 49.2 Å². The van der Waals surface area contributed by atoms with E-state index in [0.29, 0.717) is 0 Å². The number of nitrogens with zero attached hydrogens (tertiary/aromatic N) is 2. The van der Waals surface area contributed by atoms with Gasteiger partial charge in [-0.2, -0.15) is 0 Å². The van der Waals surface area contributed by atoms with E-state index in [0.717, 1.165) is 55.4 Å². The molecule has 2 aromatic heterocycles. The Kier molecular flexibility index (Phi) is 15.3. The van der Waals surface area contributed by atoms with Crippen molar-refractivity contribution < 1.29 is 49.0 Å². The number of hydrogen-bond acceptors (Lipinski definition) is 6. The zero-order chi connectivity index (χ0) is 43.7. The molecule has 0 spiro atoms. The van der Waals surface area contributed by atoms with Crippen molar-refractivity contribution in [2.45, 2.75) is 89.9 Å². The first-order valence-electron chi connectivity index (χ1n) is 19.9. The topological polar surface area (TPSA) is 165 Å². The van der Waals surface area contributed by atoms with Crippen molar-refractivity contribution in [2.24, 2.45) is 0 Å². The Bertz CT molecular complexity index is 2280. The van der Waals surface area contributed by atoms with Gasteiger partial charge in [0.1, 0.15) is 11.6 Å². The summed E-state index contributed by atoms with van der Waals surface area (Å²) in [6.07, 6.45) is 1.45. The number of halogens is 2. The second kappa shape index (κ2) is 20.4. The summed E-state index contributed by atoms with van der Waals surface area (Å²) in [5.41, 5.74) is 7.30. The molecule has 4 aromatic carbocycles. The van der Waals surface area contributed by atoms with Crippen LogP contribution >= 0.6 is 0 Å². The van der Waals surface area contributed by atoms with Crippen LogP contribution in [0.1, 0.15) is 76.8 Å². The molecule has 2 heterocycles. The van der Waals surface area contributed by atoms with E-state index in [1.807, 2.05) is 48.5 Å². The molecule has 0 saturated carbocycles. The zero-order valence-corrected chi connectivity index (χ0v) is 34.0. The van der Waals surface area contributed by atoms with Gasteiger partial charge < -0.3 is 39.8 Å². The SMILES string of the molecule is CC(C)n1c(C=CC(O)CC(O)CC(=O)O)c(-c2ccc(F)cc2)c2ccccc21.CC(C)n1c(C=CC(O)CC(O)CC(=O)O)c(-c2ccc(F)cc2)c2ccccc21. The Labute approximate surface area is 347 Å². The van der Waals surface area contributed by atoms with Gasteiger partial charge in [0.25, 0.3) is 0 Å². The number of para-hydroxylation sites is 2. The van der Waals surface area contributed by atoms with Gasteiger partial charge in [0.15, 0.2) is 0 Å². The molecule has 6 aromatic rings. The van der Waals surface area contributed by atoms with Gasteiger partial charge >= 0.3 is 11.9 Å². The summed E-state index contributed by atoms with van der Waals surface area (Å²) >= 11 is 0. The van der Waals surface area contributed by atoms with E-state index in [4.69, 9.17) is 10.2 Å². The molecule has 0 radical (unpaired) electrons. The Morgan fingerprint density at radius 2 is 0.883 bits per heavy atom. The van der Waals surface area contributed by atoms with Crippen LogP contribution in [0.3, 0.4) is 0 Å². The van der Waals surface area contributed by atoms with E-state index in [1.165, 1.54) is 24.3 Å². The minimum atomic E-state index is -1.13. The molecule has 316 valence electrons. The summed E-state index contributed by atoms with van der Waals surface area (Å²) in [5, 5.41) is 59.7. The molecule has 0 saturated heterocycles. The molecule has 6 rings (SSSR count). The number of fused-ring (bicyclic) bond motifs is 2. The van der Waals surface area contributed by atoms with Crippen LogP contribution < -0.4 is 0 Å². The van der Waals surface area contributed by atoms with E-state index in [-0.39, 0.29) is 36.6 Å². The number of hydrogen-bond donors (Lipinski definition) is 6. The Morgan fingerprint density at radius 1 is 0.550 bits per heavy atom. The number of carbonyl (C=O) groups is 2. The Hall–Kier alpha value is -5.92. The van der Waals surface area contributed by atoms with Crippen molar-refractivity contribution in [3.63, 3.8) is 0 Å². The van der Waals surface area contributed by atoms with E-state index >= 15 is 0 Å². The van der Waals surface area contributed by atoms with Gasteiger partial charge in [0.05, 0.1) is 37.3 Å².